The second kappa shape index (κ2) is 4.96. The zero-order valence-corrected chi connectivity index (χ0v) is 10.4. The van der Waals surface area contributed by atoms with E-state index >= 15 is 0 Å². The highest BCUT2D eigenvalue weighted by atomic mass is 16.2. The first kappa shape index (κ1) is 12.1. The van der Waals surface area contributed by atoms with Crippen LogP contribution in [0, 0.1) is 0 Å². The molecule has 2 amide bonds. The Bertz CT molecular complexity index is 655. The highest BCUT2D eigenvalue weighted by molar-refractivity contribution is 6.45. The molecule has 0 aliphatic carbocycles. The number of nitrogens with one attached hydrogen (secondary N) is 3. The zero-order valence-electron chi connectivity index (χ0n) is 10.4. The first-order chi connectivity index (χ1) is 9.72. The Kier molecular flexibility index (Phi) is 3.00. The van der Waals surface area contributed by atoms with Gasteiger partial charge in [0.1, 0.15) is 0 Å². The third-order valence-electron chi connectivity index (χ3n) is 2.86. The maximum atomic E-state index is 11.0. The monoisotopic (exact) mass is 269 g/mol. The Hall–Kier alpha value is -2.96. The summed E-state index contributed by atoms with van der Waals surface area (Å²) < 4.78 is 0. The quantitative estimate of drug-likeness (QED) is 0.693. The van der Waals surface area contributed by atoms with Crippen molar-refractivity contribution in [2.75, 3.05) is 0 Å². The third kappa shape index (κ3) is 2.41. The van der Waals surface area contributed by atoms with Crippen molar-refractivity contribution in [1.29, 1.82) is 0 Å². The summed E-state index contributed by atoms with van der Waals surface area (Å²) in [5.41, 5.74) is 2.94. The summed E-state index contributed by atoms with van der Waals surface area (Å²) in [5.74, 6) is -1.17. The Morgan fingerprint density at radius 3 is 2.30 bits per heavy atom. The molecule has 1 saturated heterocycles. The van der Waals surface area contributed by atoms with E-state index in [1.165, 1.54) is 0 Å². The average molecular weight is 269 g/mol. The minimum atomic E-state index is -0.682. The molecule has 0 atom stereocenters. The Morgan fingerprint density at radius 2 is 1.70 bits per heavy atom. The van der Waals surface area contributed by atoms with Gasteiger partial charge in [0.05, 0.1) is 12.2 Å². The number of hydrogen-bond donors (Lipinski definition) is 3. The van der Waals surface area contributed by atoms with E-state index in [0.29, 0.717) is 6.54 Å². The van der Waals surface area contributed by atoms with Crippen LogP contribution in [0.25, 0.3) is 11.3 Å². The number of rotatable bonds is 3. The van der Waals surface area contributed by atoms with E-state index in [4.69, 9.17) is 0 Å². The number of carbonyl (C=O) groups excluding carboxylic acids is 2. The van der Waals surface area contributed by atoms with Gasteiger partial charge in [-0.15, -0.1) is 0 Å². The molecule has 1 fully saturated rings. The smallest absolute Gasteiger partial charge is 0.288 e. The second-order valence-corrected chi connectivity index (χ2v) is 4.24. The highest BCUT2D eigenvalue weighted by Crippen LogP contribution is 2.16. The summed E-state index contributed by atoms with van der Waals surface area (Å²) in [7, 11) is 0. The molecule has 0 spiro atoms. The zero-order chi connectivity index (χ0) is 13.9. The number of aliphatic imine (C=N–C) groups is 1. The number of carbonyl (C=O) groups is 2. The summed E-state index contributed by atoms with van der Waals surface area (Å²) in [6, 6.07) is 9.65. The molecule has 0 radical (unpaired) electrons. The van der Waals surface area contributed by atoms with Gasteiger partial charge in [0.2, 0.25) is 5.96 Å². The van der Waals surface area contributed by atoms with Crippen LogP contribution in [0.4, 0.5) is 0 Å². The predicted molar refractivity (Wildman–Crippen MR) is 71.4 cm³/mol. The molecule has 3 N–H and O–H groups in total. The fraction of sp³-hybridized carbons (Fsp3) is 0.0769. The summed E-state index contributed by atoms with van der Waals surface area (Å²) in [6.45, 7) is 0.374. The van der Waals surface area contributed by atoms with Crippen LogP contribution in [0.15, 0.2) is 41.5 Å². The van der Waals surface area contributed by atoms with Crippen molar-refractivity contribution in [3.63, 3.8) is 0 Å². The molecule has 0 unspecified atom stereocenters. The molecule has 0 bridgehead atoms. The van der Waals surface area contributed by atoms with Crippen LogP contribution in [0.5, 0.6) is 0 Å². The molecular weight excluding hydrogens is 258 g/mol. The number of aromatic amines is 1. The van der Waals surface area contributed by atoms with Gasteiger partial charge in [-0.05, 0) is 17.2 Å². The van der Waals surface area contributed by atoms with Crippen LogP contribution in [0.1, 0.15) is 5.56 Å². The van der Waals surface area contributed by atoms with Gasteiger partial charge in [-0.3, -0.25) is 25.3 Å². The maximum Gasteiger partial charge on any atom is 0.316 e. The van der Waals surface area contributed by atoms with E-state index < -0.39 is 11.8 Å². The second-order valence-electron chi connectivity index (χ2n) is 4.24. The Balaban J connectivity index is 1.69. The molecule has 1 aromatic carbocycles. The molecule has 20 heavy (non-hydrogen) atoms. The molecule has 1 aliphatic rings. The highest BCUT2D eigenvalue weighted by Gasteiger charge is 2.24. The number of nitrogens with zero attached hydrogens (tertiary/aromatic N) is 2. The number of hydrogen-bond acceptors (Lipinski definition) is 4. The van der Waals surface area contributed by atoms with Crippen LogP contribution in [0.2, 0.25) is 0 Å². The van der Waals surface area contributed by atoms with E-state index in [1.807, 2.05) is 30.3 Å². The molecular formula is C13H11N5O2. The van der Waals surface area contributed by atoms with Crippen molar-refractivity contribution in [2.45, 2.75) is 6.54 Å². The van der Waals surface area contributed by atoms with Crippen molar-refractivity contribution in [1.82, 2.24) is 20.8 Å². The minimum absolute atomic E-state index is 0.192. The normalized spacial score (nSPS) is 14.1. The molecule has 7 heteroatoms. The van der Waals surface area contributed by atoms with Gasteiger partial charge in [-0.1, -0.05) is 24.3 Å². The number of benzene rings is 1. The molecule has 1 aliphatic heterocycles. The number of amides is 2. The van der Waals surface area contributed by atoms with Crippen LogP contribution in [0.3, 0.4) is 0 Å². The molecule has 1 aromatic heterocycles. The summed E-state index contributed by atoms with van der Waals surface area (Å²) >= 11 is 0. The fourth-order valence-electron chi connectivity index (χ4n) is 1.82. The van der Waals surface area contributed by atoms with Gasteiger partial charge >= 0.3 is 11.8 Å². The van der Waals surface area contributed by atoms with Crippen molar-refractivity contribution in [3.8, 4) is 11.3 Å². The predicted octanol–water partition coefficient (Wildman–Crippen LogP) is 0.179. The van der Waals surface area contributed by atoms with Gasteiger partial charge in [-0.2, -0.15) is 5.10 Å². The van der Waals surface area contributed by atoms with Crippen LogP contribution in [-0.4, -0.2) is 28.0 Å². The third-order valence-corrected chi connectivity index (χ3v) is 2.86. The summed E-state index contributed by atoms with van der Waals surface area (Å²) in [4.78, 5) is 26.0. The summed E-state index contributed by atoms with van der Waals surface area (Å²) in [6.07, 6.45) is 1.70. The lowest BCUT2D eigenvalue weighted by atomic mass is 10.1. The first-order valence-electron chi connectivity index (χ1n) is 5.98. The number of guanidine groups is 1. The van der Waals surface area contributed by atoms with Gasteiger partial charge in [0.25, 0.3) is 0 Å². The van der Waals surface area contributed by atoms with E-state index in [0.717, 1.165) is 16.8 Å². The van der Waals surface area contributed by atoms with Gasteiger partial charge in [0.15, 0.2) is 0 Å². The largest absolute Gasteiger partial charge is 0.316 e. The number of H-pyrrole nitrogens is 1. The molecule has 2 heterocycles. The van der Waals surface area contributed by atoms with Gasteiger partial charge in [-0.25, -0.2) is 4.99 Å². The molecule has 0 saturated carbocycles. The minimum Gasteiger partial charge on any atom is -0.288 e. The average Bonchev–Trinajstić information content (AvgIpc) is 3.08. The van der Waals surface area contributed by atoms with Crippen molar-refractivity contribution >= 4 is 17.8 Å². The van der Waals surface area contributed by atoms with E-state index in [-0.39, 0.29) is 5.96 Å². The Morgan fingerprint density at radius 1 is 1.00 bits per heavy atom. The molecule has 2 aromatic rings. The Labute approximate surface area is 114 Å². The lowest BCUT2D eigenvalue weighted by molar-refractivity contribution is -0.135. The SMILES string of the molecule is O=C1NC(=NCc2ccc(-c3ccn[nH]3)cc2)NC1=O. The molecule has 3 rings (SSSR count). The topological polar surface area (TPSA) is 99.2 Å². The first-order valence-corrected chi connectivity index (χ1v) is 5.98. The lowest BCUT2D eigenvalue weighted by Crippen LogP contribution is -2.25. The standard InChI is InChI=1S/C13H11N5O2/c19-11-12(20)17-13(16-11)14-7-8-1-3-9(4-2-8)10-5-6-15-18-10/h1-6H,7H2,(H,15,18)(H2,14,16,17,19,20). The fourth-order valence-corrected chi connectivity index (χ4v) is 1.82. The van der Waals surface area contributed by atoms with E-state index in [2.05, 4.69) is 25.8 Å². The van der Waals surface area contributed by atoms with Crippen molar-refractivity contribution in [3.05, 3.63) is 42.1 Å². The van der Waals surface area contributed by atoms with Crippen molar-refractivity contribution in [2.24, 2.45) is 4.99 Å². The molecule has 7 nitrogen and oxygen atoms in total. The van der Waals surface area contributed by atoms with E-state index in [1.54, 1.807) is 6.20 Å². The van der Waals surface area contributed by atoms with Crippen LogP contribution in [-0.2, 0) is 16.1 Å². The van der Waals surface area contributed by atoms with Gasteiger partial charge < -0.3 is 0 Å². The lowest BCUT2D eigenvalue weighted by Gasteiger charge is -2.01. The van der Waals surface area contributed by atoms with Gasteiger partial charge in [0, 0.05) is 6.20 Å². The van der Waals surface area contributed by atoms with Crippen LogP contribution >= 0.6 is 0 Å². The van der Waals surface area contributed by atoms with Crippen molar-refractivity contribution < 1.29 is 9.59 Å². The maximum absolute atomic E-state index is 11.0. The number of aromatic nitrogens is 2. The summed E-state index contributed by atoms with van der Waals surface area (Å²) in [5, 5.41) is 11.5. The van der Waals surface area contributed by atoms with E-state index in [9.17, 15) is 9.59 Å². The molecule has 100 valence electrons. The van der Waals surface area contributed by atoms with Crippen LogP contribution < -0.4 is 10.6 Å².